The third kappa shape index (κ3) is 2.24. The molecule has 6 heteroatoms. The smallest absolute Gasteiger partial charge is 0.309 e. The summed E-state index contributed by atoms with van der Waals surface area (Å²) in [7, 11) is 0. The lowest BCUT2D eigenvalue weighted by Crippen LogP contribution is -2.35. The van der Waals surface area contributed by atoms with Crippen LogP contribution in [0.3, 0.4) is 0 Å². The van der Waals surface area contributed by atoms with Crippen LogP contribution >= 0.6 is 0 Å². The zero-order valence-electron chi connectivity index (χ0n) is 5.65. The molecule has 0 aliphatic carbocycles. The van der Waals surface area contributed by atoms with E-state index >= 15 is 0 Å². The fourth-order valence-electron chi connectivity index (χ4n) is 0.594. The fourth-order valence-corrected chi connectivity index (χ4v) is 0.594. The lowest BCUT2D eigenvalue weighted by Gasteiger charge is -1.83. The van der Waals surface area contributed by atoms with E-state index in [9.17, 15) is 4.79 Å². The Balaban J connectivity index is 2.45. The highest BCUT2D eigenvalue weighted by atomic mass is 16.5. The van der Waals surface area contributed by atoms with Crippen LogP contribution in [0, 0.1) is 0 Å². The molecule has 1 aromatic heterocycles. The molecule has 0 aromatic carbocycles. The average molecular weight is 157 g/mol. The van der Waals surface area contributed by atoms with E-state index in [1.165, 1.54) is 10.9 Å². The highest BCUT2D eigenvalue weighted by molar-refractivity contribution is 5.66. The zero-order chi connectivity index (χ0) is 8.27. The first-order chi connectivity index (χ1) is 5.18. The van der Waals surface area contributed by atoms with E-state index < -0.39 is 5.97 Å². The van der Waals surface area contributed by atoms with E-state index in [2.05, 4.69) is 9.79 Å². The predicted octanol–water partition coefficient (Wildman–Crippen LogP) is 0.120. The molecule has 1 aromatic rings. The number of nitrogens with zero attached hydrogens (tertiary/aromatic N) is 2. The lowest BCUT2D eigenvalue weighted by molar-refractivity contribution is -0.761. The zero-order valence-corrected chi connectivity index (χ0v) is 5.65. The number of aryl methyl sites for hydroxylation is 1. The van der Waals surface area contributed by atoms with Crippen molar-refractivity contribution < 1.29 is 19.1 Å². The maximum Gasteiger partial charge on any atom is 0.309 e. The fraction of sp³-hybridized carbons (Fsp3) is 0.400. The first-order valence-corrected chi connectivity index (χ1v) is 2.98. The Bertz CT molecular complexity index is 257. The number of carboxylic acids is 1. The summed E-state index contributed by atoms with van der Waals surface area (Å²) in [4.78, 5) is 10.1. The summed E-state index contributed by atoms with van der Waals surface area (Å²) in [5.41, 5.74) is 6.90. The molecule has 0 amide bonds. The Kier molecular flexibility index (Phi) is 2.05. The van der Waals surface area contributed by atoms with Crippen LogP contribution in [0.4, 0.5) is 5.88 Å². The second kappa shape index (κ2) is 3.00. The van der Waals surface area contributed by atoms with E-state index in [1.54, 1.807) is 0 Å². The number of hydrogen-bond donors (Lipinski definition) is 1. The molecule has 60 valence electrons. The second-order valence-corrected chi connectivity index (χ2v) is 1.97. The molecule has 0 spiro atoms. The van der Waals surface area contributed by atoms with Crippen molar-refractivity contribution in [2.24, 2.45) is 0 Å². The summed E-state index contributed by atoms with van der Waals surface area (Å²) in [5.74, 6) is -0.970. The van der Waals surface area contributed by atoms with Crippen molar-refractivity contribution in [3.05, 3.63) is 11.9 Å². The number of aromatic nitrogens is 2. The number of aliphatic carboxylic acids is 1. The molecule has 0 fully saturated rings. The molecule has 1 rings (SSSR count). The molecule has 2 N–H and O–H groups in total. The number of hydrogen-bond acceptors (Lipinski definition) is 3. The molecule has 0 aliphatic heterocycles. The Hall–Kier alpha value is -1.59. The molecule has 0 bridgehead atoms. The molecular formula is C5H7N3O3. The first-order valence-electron chi connectivity index (χ1n) is 2.98. The van der Waals surface area contributed by atoms with Gasteiger partial charge in [0.1, 0.15) is 12.3 Å². The topological polar surface area (TPSA) is 91.0 Å². The Morgan fingerprint density at radius 1 is 1.91 bits per heavy atom. The monoisotopic (exact) mass is 157 g/mol. The van der Waals surface area contributed by atoms with Gasteiger partial charge in [-0.3, -0.25) is 4.79 Å². The van der Waals surface area contributed by atoms with Gasteiger partial charge in [-0.2, -0.15) is 0 Å². The summed E-state index contributed by atoms with van der Waals surface area (Å²) >= 11 is 0. The minimum absolute atomic E-state index is 0.0172. The summed E-state index contributed by atoms with van der Waals surface area (Å²) in [6, 6.07) is 0. The molecule has 0 atom stereocenters. The average Bonchev–Trinajstić information content (AvgIpc) is 2.31. The van der Waals surface area contributed by atoms with E-state index in [1.807, 2.05) is 0 Å². The molecule has 0 unspecified atom stereocenters. The van der Waals surface area contributed by atoms with Crippen LogP contribution in [-0.2, 0) is 11.3 Å². The van der Waals surface area contributed by atoms with Gasteiger partial charge in [-0.05, 0) is 0 Å². The van der Waals surface area contributed by atoms with Crippen LogP contribution in [0.1, 0.15) is 6.42 Å². The maximum atomic E-state index is 10.1. The largest absolute Gasteiger partial charge is 0.660 e. The van der Waals surface area contributed by atoms with E-state index in [-0.39, 0.29) is 18.8 Å². The van der Waals surface area contributed by atoms with E-state index in [4.69, 9.17) is 10.8 Å². The lowest BCUT2D eigenvalue weighted by atomic mass is 10.4. The summed E-state index contributed by atoms with van der Waals surface area (Å²) < 4.78 is 5.66. The highest BCUT2D eigenvalue weighted by Crippen LogP contribution is 2.00. The Morgan fingerprint density at radius 3 is 3.09 bits per heavy atom. The van der Waals surface area contributed by atoms with Crippen molar-refractivity contribution in [2.45, 2.75) is 13.0 Å². The molecule has 1 heterocycles. The molecule has 11 heavy (non-hydrogen) atoms. The Morgan fingerprint density at radius 2 is 2.64 bits per heavy atom. The van der Waals surface area contributed by atoms with Crippen LogP contribution in [0.25, 0.3) is 5.73 Å². The van der Waals surface area contributed by atoms with Crippen molar-refractivity contribution in [2.75, 3.05) is 0 Å². The quantitative estimate of drug-likeness (QED) is 0.631. The van der Waals surface area contributed by atoms with Gasteiger partial charge in [-0.25, -0.2) is 0 Å². The summed E-state index contributed by atoms with van der Waals surface area (Å²) in [6.07, 6.45) is 1.31. The van der Waals surface area contributed by atoms with Gasteiger partial charge in [-0.1, -0.05) is 4.68 Å². The van der Waals surface area contributed by atoms with Crippen LogP contribution in [-0.4, -0.2) is 16.3 Å². The minimum atomic E-state index is -0.896. The van der Waals surface area contributed by atoms with E-state index in [0.717, 1.165) is 0 Å². The van der Waals surface area contributed by atoms with Gasteiger partial charge in [0.2, 0.25) is 6.20 Å². The van der Waals surface area contributed by atoms with Crippen molar-refractivity contribution in [1.82, 2.24) is 5.27 Å². The van der Waals surface area contributed by atoms with Crippen LogP contribution < -0.4 is 4.68 Å². The van der Waals surface area contributed by atoms with Crippen LogP contribution in [0.2, 0.25) is 0 Å². The number of carboxylic acid groups (broad SMARTS) is 1. The van der Waals surface area contributed by atoms with Gasteiger partial charge in [-0.15, -0.1) is 0 Å². The van der Waals surface area contributed by atoms with Gasteiger partial charge in [0, 0.05) is 0 Å². The first kappa shape index (κ1) is 7.52. The van der Waals surface area contributed by atoms with Crippen molar-refractivity contribution in [3.63, 3.8) is 0 Å². The van der Waals surface area contributed by atoms with Crippen molar-refractivity contribution >= 4 is 11.9 Å². The van der Waals surface area contributed by atoms with Crippen molar-refractivity contribution in [3.8, 4) is 0 Å². The maximum absolute atomic E-state index is 10.1. The summed E-state index contributed by atoms with van der Waals surface area (Å²) in [5, 5.41) is 11.6. The Labute approximate surface area is 62.2 Å². The number of nitrogens with one attached hydrogen (secondary N) is 1. The van der Waals surface area contributed by atoms with Gasteiger partial charge in [0.25, 0.3) is 0 Å². The van der Waals surface area contributed by atoms with Gasteiger partial charge in [0.15, 0.2) is 11.8 Å². The third-order valence-corrected chi connectivity index (χ3v) is 1.07. The second-order valence-electron chi connectivity index (χ2n) is 1.97. The van der Waals surface area contributed by atoms with Gasteiger partial charge in [0.05, 0.1) is 0 Å². The predicted molar refractivity (Wildman–Crippen MR) is 32.9 cm³/mol. The normalized spacial score (nSPS) is 9.82. The molecule has 0 aliphatic rings. The molecule has 6 nitrogen and oxygen atoms in total. The molecule has 0 radical (unpaired) electrons. The molecular weight excluding hydrogens is 150 g/mol. The van der Waals surface area contributed by atoms with Crippen molar-refractivity contribution in [1.29, 1.82) is 0 Å². The third-order valence-electron chi connectivity index (χ3n) is 1.07. The van der Waals surface area contributed by atoms with Crippen LogP contribution in [0.5, 0.6) is 0 Å². The van der Waals surface area contributed by atoms with Gasteiger partial charge >= 0.3 is 5.97 Å². The standard InChI is InChI=1S/C5H7N3O3/c6-4-3-8(7-11-4)2-1-5(9)10/h3H,1-2H2,(H2-,6,7,9,10). The minimum Gasteiger partial charge on any atom is -0.660 e. The van der Waals surface area contributed by atoms with Crippen LogP contribution in [0.15, 0.2) is 10.7 Å². The van der Waals surface area contributed by atoms with Gasteiger partial charge < -0.3 is 15.4 Å². The SMILES string of the molecule is [NH-]c1c[n+](CCC(=O)O)no1. The highest BCUT2D eigenvalue weighted by Gasteiger charge is 2.07. The summed E-state index contributed by atoms with van der Waals surface area (Å²) in [6.45, 7) is 0.234. The number of carbonyl (C=O) groups is 1. The van der Waals surface area contributed by atoms with E-state index in [0.29, 0.717) is 0 Å². The molecule has 0 saturated carbocycles. The molecule has 0 saturated heterocycles. The number of rotatable bonds is 3.